The van der Waals surface area contributed by atoms with Crippen LogP contribution in [0.3, 0.4) is 0 Å². The van der Waals surface area contributed by atoms with Crippen molar-refractivity contribution < 1.29 is 41.1 Å². The van der Waals surface area contributed by atoms with Gasteiger partial charge in [-0.3, -0.25) is 14.2 Å². The van der Waals surface area contributed by atoms with Gasteiger partial charge in [-0.05, 0) is 62.6 Å². The average Bonchev–Trinajstić information content (AvgIpc) is 3.27. The monoisotopic (exact) mass is 537 g/mol. The highest BCUT2D eigenvalue weighted by Gasteiger charge is 2.44. The number of carbonyl (C=O) groups is 2. The minimum Gasteiger partial charge on any atom is -0.454 e. The third-order valence-corrected chi connectivity index (χ3v) is 10.5. The topological polar surface area (TPSA) is 134 Å². The van der Waals surface area contributed by atoms with Crippen molar-refractivity contribution in [1.29, 1.82) is 0 Å². The highest BCUT2D eigenvalue weighted by Crippen LogP contribution is 2.51. The van der Waals surface area contributed by atoms with Crippen molar-refractivity contribution in [2.75, 3.05) is 25.3 Å². The molecule has 0 aliphatic carbocycles. The Morgan fingerprint density at radius 2 is 1.69 bits per heavy atom. The molecule has 2 aromatic carbocycles. The van der Waals surface area contributed by atoms with E-state index in [0.29, 0.717) is 28.3 Å². The van der Waals surface area contributed by atoms with E-state index in [1.807, 2.05) is 0 Å². The summed E-state index contributed by atoms with van der Waals surface area (Å²) >= 11 is 0. The van der Waals surface area contributed by atoms with E-state index in [9.17, 15) is 22.6 Å². The molecule has 0 bridgehead atoms. The SMILES string of the molecule is CCOP(=O)(Cc1ccc(NC(=O)[C@@H]2Cc3cc4c(cc3C(=O)[C@@H](C)S2(=O)=O)OCO4)cc1)OCC. The number of benzene rings is 2. The summed E-state index contributed by atoms with van der Waals surface area (Å²) in [6.45, 7) is 5.24. The van der Waals surface area contributed by atoms with Crippen LogP contribution in [0.4, 0.5) is 5.69 Å². The van der Waals surface area contributed by atoms with Crippen LogP contribution >= 0.6 is 7.60 Å². The second-order valence-electron chi connectivity index (χ2n) is 8.44. The van der Waals surface area contributed by atoms with Gasteiger partial charge in [0.05, 0.1) is 19.4 Å². The van der Waals surface area contributed by atoms with E-state index in [2.05, 4.69) is 5.32 Å². The fourth-order valence-electron chi connectivity index (χ4n) is 4.22. The Bertz CT molecular complexity index is 1310. The smallest absolute Gasteiger partial charge is 0.335 e. The number of amides is 1. The number of ether oxygens (including phenoxy) is 2. The van der Waals surface area contributed by atoms with E-state index in [0.717, 1.165) is 0 Å². The largest absolute Gasteiger partial charge is 0.454 e. The summed E-state index contributed by atoms with van der Waals surface area (Å²) in [5.74, 6) is -0.564. The zero-order valence-electron chi connectivity index (χ0n) is 20.2. The zero-order valence-corrected chi connectivity index (χ0v) is 21.9. The molecule has 0 spiro atoms. The van der Waals surface area contributed by atoms with Crippen molar-refractivity contribution in [1.82, 2.24) is 0 Å². The Morgan fingerprint density at radius 1 is 1.08 bits per heavy atom. The molecule has 1 N–H and O–H groups in total. The van der Waals surface area contributed by atoms with E-state index in [-0.39, 0.29) is 38.2 Å². The highest BCUT2D eigenvalue weighted by atomic mass is 32.2. The summed E-state index contributed by atoms with van der Waals surface area (Å²) in [6, 6.07) is 9.52. The molecule has 0 saturated heterocycles. The molecule has 0 unspecified atom stereocenters. The van der Waals surface area contributed by atoms with Crippen LogP contribution < -0.4 is 14.8 Å². The molecule has 2 aliphatic rings. The van der Waals surface area contributed by atoms with Crippen LogP contribution in [-0.4, -0.2) is 50.6 Å². The van der Waals surface area contributed by atoms with Crippen molar-refractivity contribution in [3.8, 4) is 11.5 Å². The number of hydrogen-bond acceptors (Lipinski definition) is 9. The summed E-state index contributed by atoms with van der Waals surface area (Å²) < 4.78 is 60.5. The number of fused-ring (bicyclic) bond motifs is 2. The molecule has 2 aromatic rings. The predicted octanol–water partition coefficient (Wildman–Crippen LogP) is 3.73. The van der Waals surface area contributed by atoms with Gasteiger partial charge in [0.1, 0.15) is 10.5 Å². The Labute approximate surface area is 209 Å². The van der Waals surface area contributed by atoms with Crippen LogP contribution in [-0.2, 0) is 40.8 Å². The molecule has 0 saturated carbocycles. The molecular formula is C24H28NO9PS. The van der Waals surface area contributed by atoms with Gasteiger partial charge in [-0.1, -0.05) is 12.1 Å². The van der Waals surface area contributed by atoms with Gasteiger partial charge in [0.15, 0.2) is 27.1 Å². The summed E-state index contributed by atoms with van der Waals surface area (Å²) in [6.07, 6.45) is -0.118. The van der Waals surface area contributed by atoms with Gasteiger partial charge in [0, 0.05) is 11.3 Å². The first-order chi connectivity index (χ1) is 17.1. The molecule has 10 nitrogen and oxygen atoms in total. The quantitative estimate of drug-likeness (QED) is 0.500. The van der Waals surface area contributed by atoms with Gasteiger partial charge in [-0.2, -0.15) is 0 Å². The number of sulfone groups is 1. The molecule has 1 amide bonds. The number of nitrogens with one attached hydrogen (secondary N) is 1. The maximum absolute atomic E-state index is 13.2. The predicted molar refractivity (Wildman–Crippen MR) is 132 cm³/mol. The standard InChI is InChI=1S/C24H28NO9PS/c1-4-33-35(28,34-5-2)13-16-6-8-18(9-7-16)25-24(27)22-11-17-10-20-21(32-14-31-20)12-19(17)23(26)15(3)36(22,29)30/h6-10,12,15,22H,4-5,11,13-14H2,1-3H3,(H,25,27)/t15-,22+/m1/s1. The van der Waals surface area contributed by atoms with Crippen molar-refractivity contribution in [3.05, 3.63) is 53.1 Å². The van der Waals surface area contributed by atoms with Crippen LogP contribution in [0, 0.1) is 0 Å². The Morgan fingerprint density at radius 3 is 2.31 bits per heavy atom. The third-order valence-electron chi connectivity index (χ3n) is 6.07. The minimum absolute atomic E-state index is 0.00474. The normalized spacial score (nSPS) is 20.5. The van der Waals surface area contributed by atoms with E-state index in [4.69, 9.17) is 18.5 Å². The van der Waals surface area contributed by atoms with Crippen LogP contribution in [0.2, 0.25) is 0 Å². The van der Waals surface area contributed by atoms with Gasteiger partial charge in [0.2, 0.25) is 12.7 Å². The maximum Gasteiger partial charge on any atom is 0.335 e. The van der Waals surface area contributed by atoms with E-state index in [1.54, 1.807) is 44.2 Å². The van der Waals surface area contributed by atoms with Crippen molar-refractivity contribution in [2.45, 2.75) is 43.9 Å². The fourth-order valence-corrected chi connectivity index (χ4v) is 7.61. The van der Waals surface area contributed by atoms with E-state index in [1.165, 1.54) is 13.0 Å². The third kappa shape index (κ3) is 5.20. The van der Waals surface area contributed by atoms with E-state index >= 15 is 0 Å². The first kappa shape index (κ1) is 26.3. The lowest BCUT2D eigenvalue weighted by Crippen LogP contribution is -2.41. The van der Waals surface area contributed by atoms with Crippen LogP contribution in [0.15, 0.2) is 36.4 Å². The second kappa shape index (κ2) is 10.3. The van der Waals surface area contributed by atoms with Crippen LogP contribution in [0.5, 0.6) is 11.5 Å². The first-order valence-corrected chi connectivity index (χ1v) is 14.9. The molecular weight excluding hydrogens is 509 g/mol. The van der Waals surface area contributed by atoms with Gasteiger partial charge >= 0.3 is 7.60 Å². The molecule has 2 aliphatic heterocycles. The van der Waals surface area contributed by atoms with Crippen LogP contribution in [0.1, 0.15) is 42.3 Å². The molecule has 0 fully saturated rings. The molecule has 0 aromatic heterocycles. The summed E-state index contributed by atoms with van der Waals surface area (Å²) in [5.41, 5.74) is 1.65. The highest BCUT2D eigenvalue weighted by molar-refractivity contribution is 7.94. The number of carbonyl (C=O) groups excluding carboxylic acids is 2. The lowest BCUT2D eigenvalue weighted by molar-refractivity contribution is -0.115. The van der Waals surface area contributed by atoms with Gasteiger partial charge in [0.25, 0.3) is 0 Å². The van der Waals surface area contributed by atoms with Crippen molar-refractivity contribution in [2.24, 2.45) is 0 Å². The number of hydrogen-bond donors (Lipinski definition) is 1. The first-order valence-electron chi connectivity index (χ1n) is 11.6. The van der Waals surface area contributed by atoms with Crippen LogP contribution in [0.25, 0.3) is 0 Å². The minimum atomic E-state index is -4.15. The lowest BCUT2D eigenvalue weighted by atomic mass is 9.97. The molecule has 12 heteroatoms. The average molecular weight is 538 g/mol. The molecule has 4 rings (SSSR count). The second-order valence-corrected chi connectivity index (χ2v) is 13.0. The van der Waals surface area contributed by atoms with Gasteiger partial charge in [-0.15, -0.1) is 0 Å². The Balaban J connectivity index is 1.55. The summed E-state index contributed by atoms with van der Waals surface area (Å²) in [4.78, 5) is 26.1. The molecule has 36 heavy (non-hydrogen) atoms. The van der Waals surface area contributed by atoms with E-state index < -0.39 is 39.6 Å². The van der Waals surface area contributed by atoms with Gasteiger partial charge < -0.3 is 23.8 Å². The lowest BCUT2D eigenvalue weighted by Gasteiger charge is -2.18. The molecule has 2 atom stereocenters. The number of ketones is 1. The Hall–Kier alpha value is -2.72. The van der Waals surface area contributed by atoms with Crippen molar-refractivity contribution in [3.63, 3.8) is 0 Å². The number of anilines is 1. The summed E-state index contributed by atoms with van der Waals surface area (Å²) in [5, 5.41) is -0.240. The number of Topliss-reactive ketones (excluding diaryl/α,β-unsaturated/α-hetero) is 1. The van der Waals surface area contributed by atoms with Crippen molar-refractivity contribution >= 4 is 34.8 Å². The fraction of sp³-hybridized carbons (Fsp3) is 0.417. The Kier molecular flexibility index (Phi) is 7.56. The van der Waals surface area contributed by atoms with Gasteiger partial charge in [-0.25, -0.2) is 8.42 Å². The molecule has 0 radical (unpaired) electrons. The summed E-state index contributed by atoms with van der Waals surface area (Å²) in [7, 11) is -7.44. The molecule has 2 heterocycles. The zero-order chi connectivity index (χ0) is 26.1. The number of rotatable bonds is 8. The maximum atomic E-state index is 13.2. The molecule has 194 valence electrons.